The standard InChI is InChI=1S/C15H9F3N2/c16-15(17,18)13-6-2-1-5-12(13)11-8-10-4-3-7-19-14(10)20-9-11/h1-9H. The average molecular weight is 274 g/mol. The van der Waals surface area contributed by atoms with Crippen molar-refractivity contribution in [3.8, 4) is 11.1 Å². The van der Waals surface area contributed by atoms with E-state index in [1.54, 1.807) is 30.5 Å². The highest BCUT2D eigenvalue weighted by Crippen LogP contribution is 2.37. The molecular formula is C15H9F3N2. The molecule has 0 unspecified atom stereocenters. The number of fused-ring (bicyclic) bond motifs is 1. The number of pyridine rings is 2. The molecule has 20 heavy (non-hydrogen) atoms. The molecule has 2 heterocycles. The molecule has 0 aliphatic rings. The first kappa shape index (κ1) is 12.6. The first-order valence-electron chi connectivity index (χ1n) is 5.93. The third-order valence-corrected chi connectivity index (χ3v) is 3.00. The van der Waals surface area contributed by atoms with E-state index in [1.807, 2.05) is 0 Å². The van der Waals surface area contributed by atoms with Crippen molar-refractivity contribution in [2.45, 2.75) is 6.18 Å². The summed E-state index contributed by atoms with van der Waals surface area (Å²) in [5.41, 5.74) is 0.405. The second-order valence-corrected chi connectivity index (χ2v) is 4.32. The van der Waals surface area contributed by atoms with Crippen LogP contribution in [0.25, 0.3) is 22.2 Å². The Hall–Kier alpha value is -2.43. The molecule has 0 saturated carbocycles. The third-order valence-electron chi connectivity index (χ3n) is 3.00. The molecule has 100 valence electrons. The Kier molecular flexibility index (Phi) is 2.89. The second-order valence-electron chi connectivity index (χ2n) is 4.32. The van der Waals surface area contributed by atoms with Gasteiger partial charge in [0.1, 0.15) is 0 Å². The van der Waals surface area contributed by atoms with Gasteiger partial charge in [-0.05, 0) is 29.8 Å². The van der Waals surface area contributed by atoms with Crippen LogP contribution in [0.5, 0.6) is 0 Å². The van der Waals surface area contributed by atoms with Gasteiger partial charge in [-0.15, -0.1) is 0 Å². The van der Waals surface area contributed by atoms with Gasteiger partial charge in [-0.25, -0.2) is 9.97 Å². The molecule has 5 heteroatoms. The van der Waals surface area contributed by atoms with Crippen molar-refractivity contribution >= 4 is 11.0 Å². The van der Waals surface area contributed by atoms with Gasteiger partial charge in [0.25, 0.3) is 0 Å². The Morgan fingerprint density at radius 1 is 0.900 bits per heavy atom. The number of alkyl halides is 3. The van der Waals surface area contributed by atoms with Crippen LogP contribution in [0.4, 0.5) is 13.2 Å². The Labute approximate surface area is 112 Å². The molecular weight excluding hydrogens is 265 g/mol. The van der Waals surface area contributed by atoms with Gasteiger partial charge in [-0.1, -0.05) is 18.2 Å². The molecule has 0 N–H and O–H groups in total. The van der Waals surface area contributed by atoms with E-state index in [1.165, 1.54) is 18.3 Å². The summed E-state index contributed by atoms with van der Waals surface area (Å²) in [6, 6.07) is 10.6. The van der Waals surface area contributed by atoms with Crippen LogP contribution >= 0.6 is 0 Å². The van der Waals surface area contributed by atoms with E-state index in [2.05, 4.69) is 9.97 Å². The fourth-order valence-electron chi connectivity index (χ4n) is 2.09. The number of aromatic nitrogens is 2. The summed E-state index contributed by atoms with van der Waals surface area (Å²) in [6.45, 7) is 0. The smallest absolute Gasteiger partial charge is 0.237 e. The zero-order chi connectivity index (χ0) is 14.2. The van der Waals surface area contributed by atoms with E-state index in [-0.39, 0.29) is 5.56 Å². The zero-order valence-electron chi connectivity index (χ0n) is 10.2. The number of hydrogen-bond donors (Lipinski definition) is 0. The third kappa shape index (κ3) is 2.22. The molecule has 0 bridgehead atoms. The second kappa shape index (κ2) is 4.59. The predicted octanol–water partition coefficient (Wildman–Crippen LogP) is 4.32. The Morgan fingerprint density at radius 2 is 1.70 bits per heavy atom. The highest BCUT2D eigenvalue weighted by molar-refractivity contribution is 5.81. The summed E-state index contributed by atoms with van der Waals surface area (Å²) in [6.07, 6.45) is -1.38. The molecule has 0 fully saturated rings. The maximum Gasteiger partial charge on any atom is 0.417 e. The van der Waals surface area contributed by atoms with Crippen molar-refractivity contribution in [1.82, 2.24) is 9.97 Å². The van der Waals surface area contributed by atoms with Crippen molar-refractivity contribution in [1.29, 1.82) is 0 Å². The lowest BCUT2D eigenvalue weighted by molar-refractivity contribution is -0.137. The van der Waals surface area contributed by atoms with Gasteiger partial charge in [0.15, 0.2) is 5.65 Å². The highest BCUT2D eigenvalue weighted by atomic mass is 19.4. The van der Waals surface area contributed by atoms with Crippen LogP contribution in [0.3, 0.4) is 0 Å². The molecule has 0 atom stereocenters. The van der Waals surface area contributed by atoms with E-state index in [0.717, 1.165) is 6.07 Å². The quantitative estimate of drug-likeness (QED) is 0.660. The number of rotatable bonds is 1. The summed E-state index contributed by atoms with van der Waals surface area (Å²) in [4.78, 5) is 8.16. The molecule has 1 aromatic carbocycles. The minimum atomic E-state index is -4.39. The maximum atomic E-state index is 13.0. The molecule has 3 aromatic rings. The summed E-state index contributed by atoms with van der Waals surface area (Å²) in [7, 11) is 0. The minimum absolute atomic E-state index is 0.123. The number of hydrogen-bond acceptors (Lipinski definition) is 2. The van der Waals surface area contributed by atoms with Crippen molar-refractivity contribution in [2.75, 3.05) is 0 Å². The zero-order valence-corrected chi connectivity index (χ0v) is 10.2. The molecule has 0 radical (unpaired) electrons. The van der Waals surface area contributed by atoms with Crippen molar-refractivity contribution in [2.24, 2.45) is 0 Å². The summed E-state index contributed by atoms with van der Waals surface area (Å²) in [5.74, 6) is 0. The lowest BCUT2D eigenvalue weighted by Gasteiger charge is -2.12. The first-order valence-corrected chi connectivity index (χ1v) is 5.93. The van der Waals surface area contributed by atoms with Crippen LogP contribution < -0.4 is 0 Å². The number of halogens is 3. The van der Waals surface area contributed by atoms with Crippen LogP contribution in [-0.2, 0) is 6.18 Å². The Morgan fingerprint density at radius 3 is 2.50 bits per heavy atom. The van der Waals surface area contributed by atoms with Gasteiger partial charge in [-0.3, -0.25) is 0 Å². The van der Waals surface area contributed by atoms with Crippen molar-refractivity contribution in [3.63, 3.8) is 0 Å². The topological polar surface area (TPSA) is 25.8 Å². The molecule has 2 aromatic heterocycles. The molecule has 0 amide bonds. The van der Waals surface area contributed by atoms with Crippen LogP contribution in [0.2, 0.25) is 0 Å². The lowest BCUT2D eigenvalue weighted by Crippen LogP contribution is -2.06. The van der Waals surface area contributed by atoms with Gasteiger partial charge in [0.05, 0.1) is 5.56 Å². The average Bonchev–Trinajstić information content (AvgIpc) is 2.46. The van der Waals surface area contributed by atoms with E-state index < -0.39 is 11.7 Å². The highest BCUT2D eigenvalue weighted by Gasteiger charge is 2.33. The summed E-state index contributed by atoms with van der Waals surface area (Å²) >= 11 is 0. The van der Waals surface area contributed by atoms with Crippen LogP contribution in [0.15, 0.2) is 54.9 Å². The van der Waals surface area contributed by atoms with E-state index in [9.17, 15) is 13.2 Å². The summed E-state index contributed by atoms with van der Waals surface area (Å²) < 4.78 is 39.0. The monoisotopic (exact) mass is 274 g/mol. The minimum Gasteiger partial charge on any atom is -0.237 e. The molecule has 2 nitrogen and oxygen atoms in total. The van der Waals surface area contributed by atoms with Crippen molar-refractivity contribution in [3.05, 3.63) is 60.4 Å². The normalized spacial score (nSPS) is 11.8. The fourth-order valence-corrected chi connectivity index (χ4v) is 2.09. The number of nitrogens with zero attached hydrogens (tertiary/aromatic N) is 2. The van der Waals surface area contributed by atoms with Crippen LogP contribution in [0.1, 0.15) is 5.56 Å². The molecule has 0 saturated heterocycles. The van der Waals surface area contributed by atoms with Gasteiger partial charge in [0, 0.05) is 23.3 Å². The maximum absolute atomic E-state index is 13.0. The predicted molar refractivity (Wildman–Crippen MR) is 70.0 cm³/mol. The van der Waals surface area contributed by atoms with E-state index >= 15 is 0 Å². The first-order chi connectivity index (χ1) is 9.55. The van der Waals surface area contributed by atoms with Crippen LogP contribution in [0, 0.1) is 0 Å². The Balaban J connectivity index is 2.21. The van der Waals surface area contributed by atoms with Gasteiger partial charge in [0.2, 0.25) is 0 Å². The number of benzene rings is 1. The van der Waals surface area contributed by atoms with Crippen LogP contribution in [-0.4, -0.2) is 9.97 Å². The van der Waals surface area contributed by atoms with E-state index in [0.29, 0.717) is 16.6 Å². The van der Waals surface area contributed by atoms with Gasteiger partial charge < -0.3 is 0 Å². The van der Waals surface area contributed by atoms with Gasteiger partial charge in [-0.2, -0.15) is 13.2 Å². The van der Waals surface area contributed by atoms with Gasteiger partial charge >= 0.3 is 6.18 Å². The molecule has 0 spiro atoms. The van der Waals surface area contributed by atoms with E-state index in [4.69, 9.17) is 0 Å². The molecule has 3 rings (SSSR count). The molecule has 0 aliphatic heterocycles. The fraction of sp³-hybridized carbons (Fsp3) is 0.0667. The van der Waals surface area contributed by atoms with Crippen molar-refractivity contribution < 1.29 is 13.2 Å². The lowest BCUT2D eigenvalue weighted by atomic mass is 10.00. The summed E-state index contributed by atoms with van der Waals surface area (Å²) in [5, 5.41) is 0.710. The SMILES string of the molecule is FC(F)(F)c1ccccc1-c1cnc2ncccc2c1. The Bertz CT molecular complexity index is 766. The molecule has 0 aliphatic carbocycles. The largest absolute Gasteiger partial charge is 0.417 e.